The number of hydrogen-bond donors (Lipinski definition) is 0. The van der Waals surface area contributed by atoms with E-state index in [4.69, 9.17) is 9.47 Å². The van der Waals surface area contributed by atoms with E-state index in [-0.39, 0.29) is 10.9 Å². The number of carbonyl (C=O) groups is 1. The van der Waals surface area contributed by atoms with Gasteiger partial charge in [0.1, 0.15) is 11.8 Å². The summed E-state index contributed by atoms with van der Waals surface area (Å²) in [5, 5.41) is 0. The number of ether oxygens (including phenoxy) is 2. The lowest BCUT2D eigenvalue weighted by atomic mass is 9.91. The van der Waals surface area contributed by atoms with Gasteiger partial charge in [0.25, 0.3) is 0 Å². The van der Waals surface area contributed by atoms with Crippen LogP contribution in [-0.2, 0) is 9.47 Å². The highest BCUT2D eigenvalue weighted by atomic mass is 79.9. The van der Waals surface area contributed by atoms with Crippen LogP contribution < -0.4 is 0 Å². The van der Waals surface area contributed by atoms with Crippen LogP contribution in [0.3, 0.4) is 0 Å². The maximum atomic E-state index is 13.6. The SMILES string of the molecule is CC(C)(C)OC(=O)N1CCC([C@H]2C[C@H]2COCC2=CC(F)C(Br)C=C2)CC1. The molecule has 1 aliphatic heterocycles. The maximum absolute atomic E-state index is 13.6. The molecule has 0 radical (unpaired) electrons. The Morgan fingerprint density at radius 2 is 2.04 bits per heavy atom. The third kappa shape index (κ3) is 6.05. The molecule has 0 spiro atoms. The smallest absolute Gasteiger partial charge is 0.410 e. The fourth-order valence-corrected chi connectivity index (χ4v) is 4.28. The van der Waals surface area contributed by atoms with Crippen molar-refractivity contribution in [2.45, 2.75) is 56.6 Å². The van der Waals surface area contributed by atoms with E-state index in [1.165, 1.54) is 6.42 Å². The Morgan fingerprint density at radius 3 is 2.67 bits per heavy atom. The quantitative estimate of drug-likeness (QED) is 0.568. The molecule has 1 heterocycles. The maximum Gasteiger partial charge on any atom is 0.410 e. The Bertz CT molecular complexity index is 593. The molecular weight excluding hydrogens is 413 g/mol. The van der Waals surface area contributed by atoms with Gasteiger partial charge >= 0.3 is 6.09 Å². The van der Waals surface area contributed by atoms with E-state index < -0.39 is 11.8 Å². The number of rotatable bonds is 5. The number of alkyl halides is 2. The predicted octanol–water partition coefficient (Wildman–Crippen LogP) is 4.88. The van der Waals surface area contributed by atoms with E-state index in [2.05, 4.69) is 15.9 Å². The van der Waals surface area contributed by atoms with E-state index in [0.29, 0.717) is 24.4 Å². The molecule has 0 N–H and O–H groups in total. The molecular formula is C21H31BrFNO3. The summed E-state index contributed by atoms with van der Waals surface area (Å²) >= 11 is 3.28. The van der Waals surface area contributed by atoms with Crippen LogP contribution in [0.5, 0.6) is 0 Å². The number of hydrogen-bond acceptors (Lipinski definition) is 3. The number of nitrogens with zero attached hydrogens (tertiary/aromatic N) is 1. The van der Waals surface area contributed by atoms with E-state index >= 15 is 0 Å². The highest BCUT2D eigenvalue weighted by Gasteiger charge is 2.44. The van der Waals surface area contributed by atoms with Crippen LogP contribution >= 0.6 is 15.9 Å². The normalized spacial score (nSPS) is 31.6. The van der Waals surface area contributed by atoms with Gasteiger partial charge in [-0.3, -0.25) is 0 Å². The van der Waals surface area contributed by atoms with Gasteiger partial charge in [-0.25, -0.2) is 9.18 Å². The Kier molecular flexibility index (Phi) is 6.67. The summed E-state index contributed by atoms with van der Waals surface area (Å²) in [4.78, 5) is 13.8. The lowest BCUT2D eigenvalue weighted by Gasteiger charge is -2.33. The van der Waals surface area contributed by atoms with Crippen LogP contribution in [-0.4, -0.2) is 53.9 Å². The number of allylic oxidation sites excluding steroid dienone is 2. The van der Waals surface area contributed by atoms with Gasteiger partial charge in [0, 0.05) is 13.1 Å². The summed E-state index contributed by atoms with van der Waals surface area (Å²) < 4.78 is 24.9. The minimum atomic E-state index is -0.975. The molecule has 4 atom stereocenters. The standard InChI is InChI=1S/C21H31BrFNO3/c1-21(2,3)27-20(25)24-8-6-15(7-9-24)17-11-16(17)13-26-12-14-4-5-18(22)19(23)10-14/h4-5,10,15-19H,6-9,11-13H2,1-3H3/t16-,17+,18?,19?/m0/s1. The number of halogens is 2. The molecule has 4 nitrogen and oxygen atoms in total. The molecule has 1 amide bonds. The van der Waals surface area contributed by atoms with Crippen molar-refractivity contribution in [3.63, 3.8) is 0 Å². The van der Waals surface area contributed by atoms with Crippen LogP contribution in [0.25, 0.3) is 0 Å². The molecule has 2 fully saturated rings. The second-order valence-corrected chi connectivity index (χ2v) is 10.0. The molecule has 1 saturated heterocycles. The molecule has 0 aromatic carbocycles. The van der Waals surface area contributed by atoms with Gasteiger partial charge < -0.3 is 14.4 Å². The highest BCUT2D eigenvalue weighted by molar-refractivity contribution is 9.09. The van der Waals surface area contributed by atoms with Gasteiger partial charge in [-0.2, -0.15) is 0 Å². The van der Waals surface area contributed by atoms with Crippen LogP contribution in [0, 0.1) is 17.8 Å². The van der Waals surface area contributed by atoms with Gasteiger partial charge in [-0.1, -0.05) is 28.1 Å². The zero-order valence-electron chi connectivity index (χ0n) is 16.5. The van der Waals surface area contributed by atoms with E-state index in [0.717, 1.165) is 38.1 Å². The first-order valence-electron chi connectivity index (χ1n) is 9.95. The molecule has 2 unspecified atom stereocenters. The van der Waals surface area contributed by atoms with Crippen LogP contribution in [0.2, 0.25) is 0 Å². The van der Waals surface area contributed by atoms with Gasteiger partial charge in [-0.05, 0) is 69.4 Å². The average molecular weight is 444 g/mol. The molecule has 152 valence electrons. The van der Waals surface area contributed by atoms with Crippen molar-refractivity contribution in [2.24, 2.45) is 17.8 Å². The summed E-state index contributed by atoms with van der Waals surface area (Å²) in [7, 11) is 0. The number of piperidine rings is 1. The number of likely N-dealkylation sites (tertiary alicyclic amines) is 1. The molecule has 2 aliphatic carbocycles. The van der Waals surface area contributed by atoms with Crippen molar-refractivity contribution in [1.82, 2.24) is 4.90 Å². The second kappa shape index (κ2) is 8.64. The minimum absolute atomic E-state index is 0.192. The Balaban J connectivity index is 1.33. The largest absolute Gasteiger partial charge is 0.444 e. The number of amides is 1. The van der Waals surface area contributed by atoms with Gasteiger partial charge in [0.05, 0.1) is 18.0 Å². The fourth-order valence-electron chi connectivity index (χ4n) is 3.97. The Hall–Kier alpha value is -0.880. The topological polar surface area (TPSA) is 38.8 Å². The minimum Gasteiger partial charge on any atom is -0.444 e. The van der Waals surface area contributed by atoms with Crippen molar-refractivity contribution >= 4 is 22.0 Å². The van der Waals surface area contributed by atoms with Crippen molar-refractivity contribution in [3.05, 3.63) is 23.8 Å². The second-order valence-electron chi connectivity index (χ2n) is 8.97. The molecule has 3 aliphatic rings. The van der Waals surface area contributed by atoms with Crippen molar-refractivity contribution < 1.29 is 18.7 Å². The lowest BCUT2D eigenvalue weighted by molar-refractivity contribution is 0.0171. The molecule has 1 saturated carbocycles. The predicted molar refractivity (Wildman–Crippen MR) is 108 cm³/mol. The van der Waals surface area contributed by atoms with Crippen molar-refractivity contribution in [2.75, 3.05) is 26.3 Å². The monoisotopic (exact) mass is 443 g/mol. The highest BCUT2D eigenvalue weighted by Crippen LogP contribution is 2.48. The first-order chi connectivity index (χ1) is 12.7. The Morgan fingerprint density at radius 1 is 1.33 bits per heavy atom. The first-order valence-corrected chi connectivity index (χ1v) is 10.9. The molecule has 3 rings (SSSR count). The third-order valence-corrected chi connectivity index (χ3v) is 6.36. The average Bonchev–Trinajstić information content (AvgIpc) is 3.36. The first kappa shape index (κ1) is 20.8. The van der Waals surface area contributed by atoms with E-state index in [9.17, 15) is 9.18 Å². The summed E-state index contributed by atoms with van der Waals surface area (Å²) in [5.41, 5.74) is 0.481. The molecule has 6 heteroatoms. The Labute approximate surface area is 170 Å². The molecule has 27 heavy (non-hydrogen) atoms. The summed E-state index contributed by atoms with van der Waals surface area (Å²) in [6.45, 7) is 8.50. The lowest BCUT2D eigenvalue weighted by Crippen LogP contribution is -2.42. The summed E-state index contributed by atoms with van der Waals surface area (Å²) in [5.74, 6) is 2.00. The zero-order valence-corrected chi connectivity index (χ0v) is 18.1. The van der Waals surface area contributed by atoms with E-state index in [1.54, 1.807) is 6.08 Å². The molecule has 0 aromatic heterocycles. The zero-order chi connectivity index (χ0) is 19.6. The molecule has 0 aromatic rings. The number of carbonyl (C=O) groups excluding carboxylic acids is 1. The third-order valence-electron chi connectivity index (χ3n) is 5.55. The van der Waals surface area contributed by atoms with E-state index in [1.807, 2.05) is 37.8 Å². The van der Waals surface area contributed by atoms with Gasteiger partial charge in [0.2, 0.25) is 0 Å². The van der Waals surface area contributed by atoms with Gasteiger partial charge in [0.15, 0.2) is 0 Å². The molecule has 0 bridgehead atoms. The summed E-state index contributed by atoms with van der Waals surface area (Å²) in [6.07, 6.45) is 7.54. The van der Waals surface area contributed by atoms with Gasteiger partial charge in [-0.15, -0.1) is 0 Å². The van der Waals surface area contributed by atoms with Crippen LogP contribution in [0.1, 0.15) is 40.0 Å². The van der Waals surface area contributed by atoms with Crippen molar-refractivity contribution in [1.29, 1.82) is 0 Å². The summed E-state index contributed by atoms with van der Waals surface area (Å²) in [6, 6.07) is 0. The fraction of sp³-hybridized carbons (Fsp3) is 0.762. The van der Waals surface area contributed by atoms with Crippen LogP contribution in [0.15, 0.2) is 23.8 Å². The van der Waals surface area contributed by atoms with Crippen LogP contribution in [0.4, 0.5) is 9.18 Å². The van der Waals surface area contributed by atoms with Crippen molar-refractivity contribution in [3.8, 4) is 0 Å².